The molecule has 0 saturated heterocycles. The molecule has 0 unspecified atom stereocenters. The van der Waals surface area contributed by atoms with Crippen LogP contribution in [0.2, 0.25) is 0 Å². The first kappa shape index (κ1) is 19.6. The van der Waals surface area contributed by atoms with Crippen molar-refractivity contribution >= 4 is 34.3 Å². The van der Waals surface area contributed by atoms with Gasteiger partial charge in [0.25, 0.3) is 5.91 Å². The van der Waals surface area contributed by atoms with E-state index in [1.54, 1.807) is 12.1 Å². The van der Waals surface area contributed by atoms with Crippen molar-refractivity contribution < 1.29 is 23.9 Å². The fourth-order valence-corrected chi connectivity index (χ4v) is 3.51. The molecule has 0 fully saturated rings. The second-order valence-electron chi connectivity index (χ2n) is 6.98. The third-order valence-electron chi connectivity index (χ3n) is 5.03. The Hall–Kier alpha value is -3.74. The number of benzene rings is 2. The standard InChI is InChI=1S/C23H20N2O5/c1-3-16-22(13(2)15-6-4-5-7-17(15)24-16)23(28)30-11-19(26)14-8-9-20-18(10-14)25-21(27)12-29-20/h4-10H,3,11-12H2,1-2H3,(H,25,27). The summed E-state index contributed by atoms with van der Waals surface area (Å²) in [5, 5.41) is 3.53. The Morgan fingerprint density at radius 1 is 1.20 bits per heavy atom. The van der Waals surface area contributed by atoms with Crippen molar-refractivity contribution in [1.29, 1.82) is 0 Å². The summed E-state index contributed by atoms with van der Waals surface area (Å²) in [4.78, 5) is 41.4. The molecule has 0 atom stereocenters. The lowest BCUT2D eigenvalue weighted by Crippen LogP contribution is -2.25. The van der Waals surface area contributed by atoms with Gasteiger partial charge in [-0.15, -0.1) is 0 Å². The molecule has 7 nitrogen and oxygen atoms in total. The van der Waals surface area contributed by atoms with Crippen LogP contribution in [0.1, 0.15) is 38.9 Å². The molecule has 2 aromatic carbocycles. The molecule has 1 aliphatic heterocycles. The maximum atomic E-state index is 12.8. The molecule has 3 aromatic rings. The van der Waals surface area contributed by atoms with Gasteiger partial charge in [0.05, 0.1) is 22.5 Å². The Kier molecular flexibility index (Phi) is 5.18. The zero-order valence-electron chi connectivity index (χ0n) is 16.7. The van der Waals surface area contributed by atoms with Gasteiger partial charge in [-0.3, -0.25) is 14.6 Å². The van der Waals surface area contributed by atoms with Gasteiger partial charge < -0.3 is 14.8 Å². The lowest BCUT2D eigenvalue weighted by Gasteiger charge is -2.18. The van der Waals surface area contributed by atoms with Gasteiger partial charge in [-0.1, -0.05) is 25.1 Å². The monoisotopic (exact) mass is 404 g/mol. The summed E-state index contributed by atoms with van der Waals surface area (Å²) in [5.74, 6) is -0.750. The number of nitrogens with one attached hydrogen (secondary N) is 1. The molecule has 0 radical (unpaired) electrons. The summed E-state index contributed by atoms with van der Waals surface area (Å²) in [6.07, 6.45) is 0.564. The normalized spacial score (nSPS) is 12.7. The van der Waals surface area contributed by atoms with E-state index in [9.17, 15) is 14.4 Å². The Bertz CT molecular complexity index is 1190. The highest BCUT2D eigenvalue weighted by Gasteiger charge is 2.22. The van der Waals surface area contributed by atoms with Gasteiger partial charge in [-0.05, 0) is 43.2 Å². The number of hydrogen-bond acceptors (Lipinski definition) is 6. The van der Waals surface area contributed by atoms with Crippen LogP contribution in [0.15, 0.2) is 42.5 Å². The molecule has 0 aliphatic carbocycles. The van der Waals surface area contributed by atoms with Gasteiger partial charge in [-0.2, -0.15) is 0 Å². The average molecular weight is 404 g/mol. The highest BCUT2D eigenvalue weighted by atomic mass is 16.5. The number of fused-ring (bicyclic) bond motifs is 2. The topological polar surface area (TPSA) is 94.6 Å². The van der Waals surface area contributed by atoms with E-state index in [0.717, 1.165) is 16.5 Å². The first-order valence-electron chi connectivity index (χ1n) is 9.63. The summed E-state index contributed by atoms with van der Waals surface area (Å²) in [6.45, 7) is 3.30. The van der Waals surface area contributed by atoms with Gasteiger partial charge in [0.2, 0.25) is 0 Å². The molecule has 1 aliphatic rings. The van der Waals surface area contributed by atoms with Crippen LogP contribution in [-0.4, -0.2) is 35.9 Å². The lowest BCUT2D eigenvalue weighted by atomic mass is 10.0. The summed E-state index contributed by atoms with van der Waals surface area (Å²) >= 11 is 0. The highest BCUT2D eigenvalue weighted by Crippen LogP contribution is 2.29. The number of para-hydroxylation sites is 1. The number of rotatable bonds is 5. The summed E-state index contributed by atoms with van der Waals surface area (Å²) in [6, 6.07) is 12.3. The van der Waals surface area contributed by atoms with Crippen molar-refractivity contribution in [3.63, 3.8) is 0 Å². The molecule has 0 saturated carbocycles. The van der Waals surface area contributed by atoms with Crippen molar-refractivity contribution in [3.8, 4) is 5.75 Å². The number of aryl methyl sites for hydroxylation is 2. The molecular formula is C23H20N2O5. The number of Topliss-reactive ketones (excluding diaryl/α,β-unsaturated/α-hetero) is 1. The Morgan fingerprint density at radius 2 is 2.00 bits per heavy atom. The van der Waals surface area contributed by atoms with Crippen molar-refractivity contribution in [3.05, 3.63) is 64.8 Å². The number of ketones is 1. The summed E-state index contributed by atoms with van der Waals surface area (Å²) in [7, 11) is 0. The molecule has 0 bridgehead atoms. The van der Waals surface area contributed by atoms with E-state index < -0.39 is 12.6 Å². The predicted octanol–water partition coefficient (Wildman–Crippen LogP) is 3.48. The van der Waals surface area contributed by atoms with Gasteiger partial charge in [0, 0.05) is 10.9 Å². The molecule has 152 valence electrons. The summed E-state index contributed by atoms with van der Waals surface area (Å²) in [5.41, 5.74) is 3.37. The Balaban J connectivity index is 1.54. The predicted molar refractivity (Wildman–Crippen MR) is 111 cm³/mol. The zero-order valence-corrected chi connectivity index (χ0v) is 16.7. The van der Waals surface area contributed by atoms with Gasteiger partial charge >= 0.3 is 5.97 Å². The van der Waals surface area contributed by atoms with E-state index in [2.05, 4.69) is 10.3 Å². The molecule has 1 N–H and O–H groups in total. The number of carbonyl (C=O) groups excluding carboxylic acids is 3. The van der Waals surface area contributed by atoms with Crippen molar-refractivity contribution in [1.82, 2.24) is 4.98 Å². The van der Waals surface area contributed by atoms with E-state index in [0.29, 0.717) is 34.7 Å². The number of nitrogens with zero attached hydrogens (tertiary/aromatic N) is 1. The maximum Gasteiger partial charge on any atom is 0.340 e. The molecule has 2 heterocycles. The maximum absolute atomic E-state index is 12.8. The van der Waals surface area contributed by atoms with Gasteiger partial charge in [0.1, 0.15) is 5.75 Å². The van der Waals surface area contributed by atoms with Crippen molar-refractivity contribution in [2.45, 2.75) is 20.3 Å². The third-order valence-corrected chi connectivity index (χ3v) is 5.03. The van der Waals surface area contributed by atoms with Crippen LogP contribution in [-0.2, 0) is 16.0 Å². The smallest absolute Gasteiger partial charge is 0.340 e. The first-order chi connectivity index (χ1) is 14.5. The lowest BCUT2D eigenvalue weighted by molar-refractivity contribution is -0.118. The van der Waals surface area contributed by atoms with Crippen LogP contribution in [0.25, 0.3) is 10.9 Å². The van der Waals surface area contributed by atoms with Crippen molar-refractivity contribution in [2.24, 2.45) is 0 Å². The number of amides is 1. The fourth-order valence-electron chi connectivity index (χ4n) is 3.51. The number of pyridine rings is 1. The average Bonchev–Trinajstić information content (AvgIpc) is 2.76. The van der Waals surface area contributed by atoms with E-state index >= 15 is 0 Å². The molecule has 30 heavy (non-hydrogen) atoms. The molecule has 1 amide bonds. The molecule has 0 spiro atoms. The largest absolute Gasteiger partial charge is 0.482 e. The molecule has 7 heteroatoms. The van der Waals surface area contributed by atoms with E-state index in [-0.39, 0.29) is 18.3 Å². The highest BCUT2D eigenvalue weighted by molar-refractivity contribution is 6.03. The number of aromatic nitrogens is 1. The minimum Gasteiger partial charge on any atom is -0.482 e. The second-order valence-corrected chi connectivity index (χ2v) is 6.98. The number of ether oxygens (including phenoxy) is 2. The minimum absolute atomic E-state index is 0.0587. The van der Waals surface area contributed by atoms with Crippen LogP contribution < -0.4 is 10.1 Å². The molecule has 4 rings (SSSR count). The third kappa shape index (κ3) is 3.61. The fraction of sp³-hybridized carbons (Fsp3) is 0.217. The van der Waals surface area contributed by atoms with Crippen LogP contribution >= 0.6 is 0 Å². The Labute approximate surface area is 173 Å². The van der Waals surface area contributed by atoms with E-state index in [1.165, 1.54) is 6.07 Å². The minimum atomic E-state index is -0.578. The first-order valence-corrected chi connectivity index (χ1v) is 9.63. The van der Waals surface area contributed by atoms with Crippen molar-refractivity contribution in [2.75, 3.05) is 18.5 Å². The number of carbonyl (C=O) groups is 3. The van der Waals surface area contributed by atoms with Crippen LogP contribution in [0.4, 0.5) is 5.69 Å². The number of anilines is 1. The molecule has 1 aromatic heterocycles. The number of hydrogen-bond donors (Lipinski definition) is 1. The summed E-state index contributed by atoms with van der Waals surface area (Å²) < 4.78 is 10.6. The second kappa shape index (κ2) is 7.94. The van der Waals surface area contributed by atoms with Crippen LogP contribution in [0.5, 0.6) is 5.75 Å². The zero-order chi connectivity index (χ0) is 21.3. The van der Waals surface area contributed by atoms with Gasteiger partial charge in [0.15, 0.2) is 19.0 Å². The number of esters is 1. The van der Waals surface area contributed by atoms with Crippen LogP contribution in [0.3, 0.4) is 0 Å². The van der Waals surface area contributed by atoms with E-state index in [4.69, 9.17) is 9.47 Å². The Morgan fingerprint density at radius 3 is 2.80 bits per heavy atom. The SMILES string of the molecule is CCc1nc2ccccc2c(C)c1C(=O)OCC(=O)c1ccc2c(c1)NC(=O)CO2. The quantitative estimate of drug-likeness (QED) is 0.517. The van der Waals surface area contributed by atoms with Gasteiger partial charge in [-0.25, -0.2) is 4.79 Å². The van der Waals surface area contributed by atoms with Crippen LogP contribution in [0, 0.1) is 6.92 Å². The van der Waals surface area contributed by atoms with E-state index in [1.807, 2.05) is 38.1 Å². The molecular weight excluding hydrogens is 384 g/mol.